The predicted octanol–water partition coefficient (Wildman–Crippen LogP) is 0.598. The molecule has 2 heterocycles. The van der Waals surface area contributed by atoms with E-state index in [1.54, 1.807) is 0 Å². The Balaban J connectivity index is 2.06. The molecule has 1 unspecified atom stereocenters. The Morgan fingerprint density at radius 1 is 1.61 bits per heavy atom. The summed E-state index contributed by atoms with van der Waals surface area (Å²) in [4.78, 5) is 28.0. The molecule has 0 bridgehead atoms. The van der Waals surface area contributed by atoms with Crippen molar-refractivity contribution in [3.8, 4) is 0 Å². The molecule has 1 aliphatic rings. The maximum absolute atomic E-state index is 11.6. The summed E-state index contributed by atoms with van der Waals surface area (Å²) in [6, 6.07) is -0.779. The van der Waals surface area contributed by atoms with E-state index in [9.17, 15) is 9.59 Å². The summed E-state index contributed by atoms with van der Waals surface area (Å²) in [7, 11) is 0. The molecule has 1 amide bonds. The molecule has 1 N–H and O–H groups in total. The summed E-state index contributed by atoms with van der Waals surface area (Å²) < 4.78 is 5.01. The minimum atomic E-state index is -0.992. The molecule has 98 valence electrons. The van der Waals surface area contributed by atoms with E-state index >= 15 is 0 Å². The monoisotopic (exact) mass is 253 g/mol. The number of carbonyl (C=O) groups excluding carboxylic acids is 1. The fraction of sp³-hybridized carbons (Fsp3) is 0.636. The second kappa shape index (κ2) is 5.16. The van der Waals surface area contributed by atoms with Gasteiger partial charge in [0.05, 0.1) is 0 Å². The molecular formula is C11H15N3O4. The first kappa shape index (κ1) is 12.5. The van der Waals surface area contributed by atoms with Crippen LogP contribution in [-0.4, -0.2) is 38.1 Å². The maximum atomic E-state index is 11.6. The SMILES string of the molecule is CCCc1noc(CN2C(=O)CCC2C(=O)O)n1. The summed E-state index contributed by atoms with van der Waals surface area (Å²) in [5.41, 5.74) is 0. The van der Waals surface area contributed by atoms with E-state index in [4.69, 9.17) is 9.63 Å². The lowest BCUT2D eigenvalue weighted by Gasteiger charge is -2.19. The van der Waals surface area contributed by atoms with E-state index in [2.05, 4.69) is 10.1 Å². The van der Waals surface area contributed by atoms with Crippen LogP contribution < -0.4 is 0 Å². The highest BCUT2D eigenvalue weighted by Crippen LogP contribution is 2.21. The molecule has 0 spiro atoms. The molecule has 0 aliphatic carbocycles. The first-order valence-electron chi connectivity index (χ1n) is 5.95. The van der Waals surface area contributed by atoms with Gasteiger partial charge in [0.1, 0.15) is 12.6 Å². The number of amides is 1. The minimum Gasteiger partial charge on any atom is -0.480 e. The molecule has 0 radical (unpaired) electrons. The van der Waals surface area contributed by atoms with Gasteiger partial charge in [0, 0.05) is 12.8 Å². The largest absolute Gasteiger partial charge is 0.480 e. The van der Waals surface area contributed by atoms with Crippen LogP contribution in [0.4, 0.5) is 0 Å². The molecule has 18 heavy (non-hydrogen) atoms. The third-order valence-electron chi connectivity index (χ3n) is 2.90. The van der Waals surface area contributed by atoms with E-state index in [-0.39, 0.29) is 18.9 Å². The van der Waals surface area contributed by atoms with Gasteiger partial charge in [-0.1, -0.05) is 12.1 Å². The summed E-state index contributed by atoms with van der Waals surface area (Å²) in [5, 5.41) is 12.8. The first-order valence-corrected chi connectivity index (χ1v) is 5.95. The summed E-state index contributed by atoms with van der Waals surface area (Å²) in [6.07, 6.45) is 2.20. The van der Waals surface area contributed by atoms with Crippen molar-refractivity contribution >= 4 is 11.9 Å². The van der Waals surface area contributed by atoms with Crippen LogP contribution in [0.15, 0.2) is 4.52 Å². The lowest BCUT2D eigenvalue weighted by Crippen LogP contribution is -2.38. The molecule has 1 aromatic rings. The van der Waals surface area contributed by atoms with Crippen LogP contribution in [0.25, 0.3) is 0 Å². The molecule has 1 aromatic heterocycles. The Morgan fingerprint density at radius 2 is 2.39 bits per heavy atom. The van der Waals surface area contributed by atoms with Gasteiger partial charge in [-0.3, -0.25) is 4.79 Å². The van der Waals surface area contributed by atoms with Crippen LogP contribution in [0.1, 0.15) is 37.9 Å². The molecule has 0 aromatic carbocycles. The Hall–Kier alpha value is -1.92. The number of rotatable bonds is 5. The van der Waals surface area contributed by atoms with Crippen LogP contribution in [-0.2, 0) is 22.6 Å². The second-order valence-corrected chi connectivity index (χ2v) is 4.27. The lowest BCUT2D eigenvalue weighted by atomic mass is 10.2. The standard InChI is InChI=1S/C11H15N3O4/c1-2-3-8-12-9(18-13-8)6-14-7(11(16)17)4-5-10(14)15/h7H,2-6H2,1H3,(H,16,17). The average molecular weight is 253 g/mol. The van der Waals surface area contributed by atoms with E-state index in [1.165, 1.54) is 4.90 Å². The number of carbonyl (C=O) groups is 2. The van der Waals surface area contributed by atoms with Gasteiger partial charge in [-0.05, 0) is 12.8 Å². The van der Waals surface area contributed by atoms with Crippen LogP contribution in [0.5, 0.6) is 0 Å². The zero-order valence-corrected chi connectivity index (χ0v) is 10.1. The van der Waals surface area contributed by atoms with Gasteiger partial charge >= 0.3 is 5.97 Å². The van der Waals surface area contributed by atoms with Crippen molar-refractivity contribution in [2.24, 2.45) is 0 Å². The normalized spacial score (nSPS) is 19.5. The number of carboxylic acids is 1. The number of aryl methyl sites for hydroxylation is 1. The summed E-state index contributed by atoms with van der Waals surface area (Å²) in [5.74, 6) is -0.294. The molecule has 1 atom stereocenters. The zero-order valence-electron chi connectivity index (χ0n) is 10.1. The van der Waals surface area contributed by atoms with E-state index in [0.717, 1.165) is 6.42 Å². The molecule has 1 aliphatic heterocycles. The highest BCUT2D eigenvalue weighted by molar-refractivity contribution is 5.87. The van der Waals surface area contributed by atoms with Gasteiger partial charge in [0.25, 0.3) is 0 Å². The molecule has 0 saturated carbocycles. The predicted molar refractivity (Wildman–Crippen MR) is 59.5 cm³/mol. The van der Waals surface area contributed by atoms with Crippen LogP contribution >= 0.6 is 0 Å². The van der Waals surface area contributed by atoms with Crippen LogP contribution in [0.2, 0.25) is 0 Å². The van der Waals surface area contributed by atoms with Crippen molar-refractivity contribution in [2.45, 2.75) is 45.2 Å². The van der Waals surface area contributed by atoms with Gasteiger partial charge in [-0.15, -0.1) is 0 Å². The van der Waals surface area contributed by atoms with E-state index in [0.29, 0.717) is 24.6 Å². The minimum absolute atomic E-state index is 0.0759. The van der Waals surface area contributed by atoms with Gasteiger partial charge < -0.3 is 14.5 Å². The summed E-state index contributed by atoms with van der Waals surface area (Å²) in [6.45, 7) is 2.08. The highest BCUT2D eigenvalue weighted by atomic mass is 16.5. The topological polar surface area (TPSA) is 96.5 Å². The third-order valence-corrected chi connectivity index (χ3v) is 2.90. The number of carboxylic acid groups (broad SMARTS) is 1. The van der Waals surface area contributed by atoms with Crippen molar-refractivity contribution in [1.82, 2.24) is 15.0 Å². The quantitative estimate of drug-likeness (QED) is 0.825. The third kappa shape index (κ3) is 2.49. The molecule has 2 rings (SSSR count). The van der Waals surface area contributed by atoms with Crippen molar-refractivity contribution < 1.29 is 19.2 Å². The lowest BCUT2D eigenvalue weighted by molar-refractivity contribution is -0.146. The van der Waals surface area contributed by atoms with Crippen LogP contribution in [0, 0.1) is 0 Å². The Bertz CT molecular complexity index is 457. The molecule has 7 nitrogen and oxygen atoms in total. The van der Waals surface area contributed by atoms with Crippen molar-refractivity contribution in [3.63, 3.8) is 0 Å². The van der Waals surface area contributed by atoms with E-state index < -0.39 is 12.0 Å². The van der Waals surface area contributed by atoms with Gasteiger partial charge in [-0.2, -0.15) is 4.98 Å². The molecule has 1 fully saturated rings. The maximum Gasteiger partial charge on any atom is 0.326 e. The molecule has 1 saturated heterocycles. The van der Waals surface area contributed by atoms with Crippen molar-refractivity contribution in [2.75, 3.05) is 0 Å². The van der Waals surface area contributed by atoms with Gasteiger partial charge in [0.2, 0.25) is 11.8 Å². The Morgan fingerprint density at radius 3 is 3.06 bits per heavy atom. The van der Waals surface area contributed by atoms with Crippen molar-refractivity contribution in [3.05, 3.63) is 11.7 Å². The number of hydrogen-bond donors (Lipinski definition) is 1. The Kier molecular flexibility index (Phi) is 3.59. The molecule has 7 heteroatoms. The summed E-state index contributed by atoms with van der Waals surface area (Å²) >= 11 is 0. The Labute approximate surface area is 104 Å². The molecular weight excluding hydrogens is 238 g/mol. The second-order valence-electron chi connectivity index (χ2n) is 4.27. The van der Waals surface area contributed by atoms with E-state index in [1.807, 2.05) is 6.92 Å². The number of likely N-dealkylation sites (tertiary alicyclic amines) is 1. The fourth-order valence-corrected chi connectivity index (χ4v) is 2.01. The number of aromatic nitrogens is 2. The number of nitrogens with zero attached hydrogens (tertiary/aromatic N) is 3. The van der Waals surface area contributed by atoms with Crippen molar-refractivity contribution in [1.29, 1.82) is 0 Å². The van der Waals surface area contributed by atoms with Gasteiger partial charge in [-0.25, -0.2) is 4.79 Å². The highest BCUT2D eigenvalue weighted by Gasteiger charge is 2.36. The number of aliphatic carboxylic acids is 1. The van der Waals surface area contributed by atoms with Crippen LogP contribution in [0.3, 0.4) is 0 Å². The fourth-order valence-electron chi connectivity index (χ4n) is 2.01. The zero-order chi connectivity index (χ0) is 13.1. The first-order chi connectivity index (χ1) is 8.61. The number of hydrogen-bond acceptors (Lipinski definition) is 5. The van der Waals surface area contributed by atoms with Gasteiger partial charge in [0.15, 0.2) is 5.82 Å². The smallest absolute Gasteiger partial charge is 0.326 e. The average Bonchev–Trinajstić information content (AvgIpc) is 2.89.